The summed E-state index contributed by atoms with van der Waals surface area (Å²) in [6.45, 7) is 5.15. The van der Waals surface area contributed by atoms with Gasteiger partial charge in [0.1, 0.15) is 6.61 Å². The van der Waals surface area contributed by atoms with E-state index in [2.05, 4.69) is 11.2 Å². The molecule has 0 heterocycles. The van der Waals surface area contributed by atoms with Crippen LogP contribution in [0.4, 0.5) is 5.69 Å². The zero-order valence-electron chi connectivity index (χ0n) is 17.6. The average molecular weight is 423 g/mol. The van der Waals surface area contributed by atoms with Gasteiger partial charge in [0.2, 0.25) is 5.91 Å². The highest BCUT2D eigenvalue weighted by Gasteiger charge is 2.01. The summed E-state index contributed by atoms with van der Waals surface area (Å²) >= 11 is 0. The minimum atomic E-state index is -0.0235. The van der Waals surface area contributed by atoms with E-state index in [0.29, 0.717) is 79.0 Å². The van der Waals surface area contributed by atoms with E-state index in [1.165, 1.54) is 0 Å². The Kier molecular flexibility index (Phi) is 16.3. The number of nitrogens with two attached hydrogens (primary N) is 1. The monoisotopic (exact) mass is 422 g/mol. The molecule has 168 valence electrons. The highest BCUT2D eigenvalue weighted by Crippen LogP contribution is 2.05. The molecule has 0 unspecified atom stereocenters. The third kappa shape index (κ3) is 15.7. The van der Waals surface area contributed by atoms with Gasteiger partial charge in [0.25, 0.3) is 0 Å². The van der Waals surface area contributed by atoms with Crippen molar-refractivity contribution >= 4 is 11.6 Å². The van der Waals surface area contributed by atoms with Gasteiger partial charge in [-0.2, -0.15) is 0 Å². The van der Waals surface area contributed by atoms with Gasteiger partial charge < -0.3 is 34.7 Å². The fraction of sp³-hybridized carbons (Fsp3) is 0.591. The maximum Gasteiger partial charge on any atom is 0.222 e. The van der Waals surface area contributed by atoms with E-state index in [4.69, 9.17) is 35.8 Å². The topological polar surface area (TPSA) is 101 Å². The SMILES string of the molecule is C#CCOCCOCCOCCOCCOCCC(=O)NCCc1ccc(N)cc1. The van der Waals surface area contributed by atoms with Crippen molar-refractivity contribution in [2.75, 3.05) is 78.3 Å². The number of amides is 1. The van der Waals surface area contributed by atoms with E-state index in [1.54, 1.807) is 0 Å². The summed E-state index contributed by atoms with van der Waals surface area (Å²) in [4.78, 5) is 11.8. The van der Waals surface area contributed by atoms with Crippen LogP contribution in [0.25, 0.3) is 0 Å². The molecule has 3 N–H and O–H groups in total. The summed E-state index contributed by atoms with van der Waals surface area (Å²) < 4.78 is 26.5. The molecular formula is C22H34N2O6. The quantitative estimate of drug-likeness (QED) is 0.195. The number of nitrogen functional groups attached to an aromatic ring is 1. The Labute approximate surface area is 179 Å². The molecule has 1 amide bonds. The molecule has 0 spiro atoms. The molecule has 0 aliphatic rings. The van der Waals surface area contributed by atoms with Gasteiger partial charge in [-0.15, -0.1) is 6.42 Å². The number of hydrogen-bond donors (Lipinski definition) is 2. The van der Waals surface area contributed by atoms with Gasteiger partial charge in [0, 0.05) is 18.7 Å². The molecule has 0 saturated heterocycles. The highest BCUT2D eigenvalue weighted by atomic mass is 16.6. The van der Waals surface area contributed by atoms with Crippen molar-refractivity contribution in [1.82, 2.24) is 5.32 Å². The number of hydrogen-bond acceptors (Lipinski definition) is 7. The molecule has 1 rings (SSSR count). The lowest BCUT2D eigenvalue weighted by molar-refractivity contribution is -0.122. The zero-order chi connectivity index (χ0) is 21.7. The number of carbonyl (C=O) groups excluding carboxylic acids is 1. The molecule has 0 radical (unpaired) electrons. The summed E-state index contributed by atoms with van der Waals surface area (Å²) in [5, 5.41) is 2.88. The maximum absolute atomic E-state index is 11.8. The fourth-order valence-electron chi connectivity index (χ4n) is 2.29. The van der Waals surface area contributed by atoms with Crippen molar-refractivity contribution in [1.29, 1.82) is 0 Å². The number of carbonyl (C=O) groups is 1. The Morgan fingerprint density at radius 2 is 1.33 bits per heavy atom. The molecule has 0 saturated carbocycles. The smallest absolute Gasteiger partial charge is 0.222 e. The van der Waals surface area contributed by atoms with Crippen molar-refractivity contribution in [2.45, 2.75) is 12.8 Å². The van der Waals surface area contributed by atoms with Crippen LogP contribution in [0.15, 0.2) is 24.3 Å². The second-order valence-corrected chi connectivity index (χ2v) is 6.30. The number of nitrogens with one attached hydrogen (secondary N) is 1. The Morgan fingerprint density at radius 3 is 1.87 bits per heavy atom. The predicted molar refractivity (Wildman–Crippen MR) is 115 cm³/mol. The largest absolute Gasteiger partial charge is 0.399 e. The lowest BCUT2D eigenvalue weighted by Crippen LogP contribution is -2.26. The maximum atomic E-state index is 11.8. The predicted octanol–water partition coefficient (Wildman–Crippen LogP) is 1.03. The molecule has 0 fully saturated rings. The van der Waals surface area contributed by atoms with Crippen molar-refractivity contribution in [3.8, 4) is 12.3 Å². The van der Waals surface area contributed by atoms with Crippen LogP contribution in [-0.4, -0.2) is 78.5 Å². The van der Waals surface area contributed by atoms with Gasteiger partial charge in [0.05, 0.1) is 59.5 Å². The molecule has 0 bridgehead atoms. The fourth-order valence-corrected chi connectivity index (χ4v) is 2.29. The van der Waals surface area contributed by atoms with Crippen LogP contribution < -0.4 is 11.1 Å². The van der Waals surface area contributed by atoms with Gasteiger partial charge in [-0.05, 0) is 24.1 Å². The summed E-state index contributed by atoms with van der Waals surface area (Å²) in [7, 11) is 0. The van der Waals surface area contributed by atoms with Gasteiger partial charge in [0.15, 0.2) is 0 Å². The number of anilines is 1. The molecule has 0 aliphatic heterocycles. The molecule has 1 aromatic carbocycles. The van der Waals surface area contributed by atoms with E-state index in [1.807, 2.05) is 24.3 Å². The second-order valence-electron chi connectivity index (χ2n) is 6.30. The van der Waals surface area contributed by atoms with Crippen LogP contribution in [0.2, 0.25) is 0 Å². The van der Waals surface area contributed by atoms with Gasteiger partial charge in [-0.25, -0.2) is 0 Å². The van der Waals surface area contributed by atoms with Crippen molar-refractivity contribution in [2.24, 2.45) is 0 Å². The first-order valence-corrected chi connectivity index (χ1v) is 10.2. The van der Waals surface area contributed by atoms with Crippen LogP contribution in [-0.2, 0) is 34.9 Å². The number of ether oxygens (including phenoxy) is 5. The van der Waals surface area contributed by atoms with Gasteiger partial charge >= 0.3 is 0 Å². The standard InChI is InChI=1S/C22H34N2O6/c1-2-10-26-12-14-28-16-18-30-19-17-29-15-13-27-11-8-22(25)24-9-7-20-3-5-21(23)6-4-20/h1,3-6H,7-19,23H2,(H,24,25). The van der Waals surface area contributed by atoms with E-state index in [-0.39, 0.29) is 5.91 Å². The Hall–Kier alpha value is -2.15. The lowest BCUT2D eigenvalue weighted by Gasteiger charge is -2.08. The van der Waals surface area contributed by atoms with Crippen molar-refractivity contribution in [3.63, 3.8) is 0 Å². The normalized spacial score (nSPS) is 10.6. The van der Waals surface area contributed by atoms with Crippen LogP contribution in [0, 0.1) is 12.3 Å². The zero-order valence-corrected chi connectivity index (χ0v) is 17.6. The Bertz CT molecular complexity index is 588. The molecular weight excluding hydrogens is 388 g/mol. The highest BCUT2D eigenvalue weighted by molar-refractivity contribution is 5.75. The third-order valence-corrected chi connectivity index (χ3v) is 3.86. The molecule has 30 heavy (non-hydrogen) atoms. The van der Waals surface area contributed by atoms with Crippen molar-refractivity contribution < 1.29 is 28.5 Å². The minimum absolute atomic E-state index is 0.0235. The van der Waals surface area contributed by atoms with Crippen LogP contribution in [0.3, 0.4) is 0 Å². The molecule has 8 nitrogen and oxygen atoms in total. The number of terminal acetylenes is 1. The Morgan fingerprint density at radius 1 is 0.833 bits per heavy atom. The molecule has 0 atom stereocenters. The van der Waals surface area contributed by atoms with Gasteiger partial charge in [-0.1, -0.05) is 18.1 Å². The summed E-state index contributed by atoms with van der Waals surface area (Å²) in [6.07, 6.45) is 6.16. The lowest BCUT2D eigenvalue weighted by atomic mass is 10.1. The van der Waals surface area contributed by atoms with E-state index in [0.717, 1.165) is 17.7 Å². The van der Waals surface area contributed by atoms with Crippen LogP contribution in [0.5, 0.6) is 0 Å². The molecule has 0 aromatic heterocycles. The first-order chi connectivity index (χ1) is 14.7. The molecule has 0 aliphatic carbocycles. The molecule has 1 aromatic rings. The van der Waals surface area contributed by atoms with Crippen LogP contribution in [0.1, 0.15) is 12.0 Å². The average Bonchev–Trinajstić information content (AvgIpc) is 2.75. The summed E-state index contributed by atoms with van der Waals surface area (Å²) in [5.41, 5.74) is 7.52. The van der Waals surface area contributed by atoms with E-state index < -0.39 is 0 Å². The Balaban J connectivity index is 1.78. The minimum Gasteiger partial charge on any atom is -0.399 e. The van der Waals surface area contributed by atoms with Gasteiger partial charge in [-0.3, -0.25) is 4.79 Å². The van der Waals surface area contributed by atoms with Crippen LogP contribution >= 0.6 is 0 Å². The third-order valence-electron chi connectivity index (χ3n) is 3.86. The van der Waals surface area contributed by atoms with E-state index >= 15 is 0 Å². The summed E-state index contributed by atoms with van der Waals surface area (Å²) in [5.74, 6) is 2.36. The number of benzene rings is 1. The molecule has 8 heteroatoms. The van der Waals surface area contributed by atoms with E-state index in [9.17, 15) is 4.79 Å². The van der Waals surface area contributed by atoms with Crippen molar-refractivity contribution in [3.05, 3.63) is 29.8 Å². The second kappa shape index (κ2) is 18.9. The summed E-state index contributed by atoms with van der Waals surface area (Å²) in [6, 6.07) is 7.63. The number of rotatable bonds is 19. The first kappa shape index (κ1) is 25.9. The first-order valence-electron chi connectivity index (χ1n) is 10.2.